The summed E-state index contributed by atoms with van der Waals surface area (Å²) in [7, 11) is 0. The van der Waals surface area contributed by atoms with Gasteiger partial charge in [-0.2, -0.15) is 0 Å². The van der Waals surface area contributed by atoms with Crippen molar-refractivity contribution in [3.8, 4) is 56.1 Å². The summed E-state index contributed by atoms with van der Waals surface area (Å²) >= 11 is 0. The van der Waals surface area contributed by atoms with E-state index >= 15 is 0 Å². The minimum atomic E-state index is 0. The standard InChI is InChI=1S/C41H34N2.C35H30N2.C28H28N3.C24H20N3.Ir/c1-3-28(2)24-29-12-10-14-32(25-29)42-40-21-9-6-18-36(40)37-27-31(22-23-41(37)42)30-13-11-15-33(26-30)43-38-19-7-4-16-34(38)35-17-5-8-20-39(35)43;1-3-24(2)20-25-21-26(36-32-16-8-4-12-28(32)29-13-5-9-17-33(29)36)23-27(22-25)37-34-18-10-6-14-30(34)31-15-7-11-19-35(31)37;1-6-17(2)12-21-13-18(3)25(19(4)14-21)22-15-20(5)26-24(16-22)31-11-10-30-28(31)23-8-7-9-29-27(23)26;1-14-10-15(2)21(16(3)11-14)18-12-17(4)22-20(13-18)27-9-8-26-24(27)19-6-5-7-25-23(19)22;/h4-23,25-28H,3,24H2,1-2H3;4-19,21-24H,3,20H2,1-2H3;7,9-11,13-17H,6,12H2,1-5H3;5,7-13H,1-4H3;/q;;2*-1;. The van der Waals surface area contributed by atoms with Crippen molar-refractivity contribution in [2.45, 2.75) is 129 Å². The minimum absolute atomic E-state index is 0. The molecule has 0 aliphatic heterocycles. The van der Waals surface area contributed by atoms with Crippen LogP contribution in [-0.2, 0) is 39.4 Å². The van der Waals surface area contributed by atoms with Gasteiger partial charge in [0.15, 0.2) is 0 Å². The fourth-order valence-corrected chi connectivity index (χ4v) is 22.3. The quantitative estimate of drug-likeness (QED) is 0.0713. The molecule has 11 heteroatoms. The van der Waals surface area contributed by atoms with Gasteiger partial charge in [0.1, 0.15) is 0 Å². The maximum absolute atomic E-state index is 4.70. The summed E-state index contributed by atoms with van der Waals surface area (Å²) in [6.45, 7) is 29.2. The molecule has 1 radical (unpaired) electrons. The number of benzene rings is 15. The molecule has 25 rings (SSSR count). The molecule has 0 bridgehead atoms. The monoisotopic (exact) mass is 1980 g/mol. The van der Waals surface area contributed by atoms with E-state index in [0.29, 0.717) is 17.8 Å². The van der Waals surface area contributed by atoms with Gasteiger partial charge in [-0.25, -0.2) is 0 Å². The zero-order chi connectivity index (χ0) is 94.3. The molecule has 10 aromatic heterocycles. The summed E-state index contributed by atoms with van der Waals surface area (Å²) in [6.07, 6.45) is 18.3. The maximum atomic E-state index is 4.70. The molecule has 10 heterocycles. The molecular formula is C128H112IrN10-2. The molecule has 0 aliphatic carbocycles. The van der Waals surface area contributed by atoms with Crippen molar-refractivity contribution in [3.05, 3.63) is 420 Å². The number of nitrogens with zero attached hydrogens (tertiary/aromatic N) is 10. The van der Waals surface area contributed by atoms with Gasteiger partial charge in [0.05, 0.1) is 55.4 Å². The van der Waals surface area contributed by atoms with Crippen LogP contribution >= 0.6 is 0 Å². The Morgan fingerprint density at radius 3 is 1.01 bits per heavy atom. The van der Waals surface area contributed by atoms with Gasteiger partial charge in [0.2, 0.25) is 0 Å². The first kappa shape index (κ1) is 90.3. The number of imidazole rings is 2. The summed E-state index contributed by atoms with van der Waals surface area (Å²) < 4.78 is 14.1. The second-order valence-corrected chi connectivity index (χ2v) is 38.5. The van der Waals surface area contributed by atoms with Crippen molar-refractivity contribution in [2.24, 2.45) is 17.8 Å². The van der Waals surface area contributed by atoms with Crippen LogP contribution in [-0.4, -0.2) is 47.0 Å². The van der Waals surface area contributed by atoms with Crippen molar-refractivity contribution < 1.29 is 20.1 Å². The largest absolute Gasteiger partial charge is 0.351 e. The third-order valence-electron chi connectivity index (χ3n) is 29.0. The number of aromatic nitrogens is 10. The Bertz CT molecular complexity index is 8740. The van der Waals surface area contributed by atoms with E-state index in [1.807, 2.05) is 49.3 Å². The Kier molecular flexibility index (Phi) is 24.5. The first-order valence-corrected chi connectivity index (χ1v) is 49.1. The zero-order valence-corrected chi connectivity index (χ0v) is 83.7. The smallest absolute Gasteiger partial charge is 0.0623 e. The van der Waals surface area contributed by atoms with Gasteiger partial charge >= 0.3 is 0 Å². The van der Waals surface area contributed by atoms with Crippen LogP contribution in [0.4, 0.5) is 0 Å². The average molecular weight is 1980 g/mol. The second kappa shape index (κ2) is 37.7. The molecule has 0 spiro atoms. The van der Waals surface area contributed by atoms with Crippen LogP contribution in [0.25, 0.3) is 198 Å². The van der Waals surface area contributed by atoms with E-state index in [2.05, 4.69) is 447 Å². The number of hydrogen-bond donors (Lipinski definition) is 0. The number of aryl methyl sites for hydroxylation is 7. The predicted molar refractivity (Wildman–Crippen MR) is 583 cm³/mol. The molecule has 3 unspecified atom stereocenters. The Labute approximate surface area is 825 Å². The molecule has 0 aliphatic rings. The van der Waals surface area contributed by atoms with Crippen LogP contribution in [0.2, 0.25) is 0 Å². The van der Waals surface area contributed by atoms with E-state index in [0.717, 1.165) is 63.4 Å². The van der Waals surface area contributed by atoms with Gasteiger partial charge in [-0.1, -0.05) is 284 Å². The van der Waals surface area contributed by atoms with Gasteiger partial charge in [-0.05, 0) is 300 Å². The minimum Gasteiger partial charge on any atom is -0.351 e. The molecular weight excluding hydrogens is 1870 g/mol. The van der Waals surface area contributed by atoms with Crippen molar-refractivity contribution in [1.29, 1.82) is 0 Å². The predicted octanol–water partition coefficient (Wildman–Crippen LogP) is 33.4. The van der Waals surface area contributed by atoms with E-state index in [-0.39, 0.29) is 20.1 Å². The van der Waals surface area contributed by atoms with E-state index in [1.165, 1.54) is 229 Å². The van der Waals surface area contributed by atoms with Crippen molar-refractivity contribution in [1.82, 2.24) is 47.0 Å². The molecule has 0 amide bonds. The maximum Gasteiger partial charge on any atom is 0.0623 e. The van der Waals surface area contributed by atoms with Gasteiger partial charge < -0.3 is 37.0 Å². The van der Waals surface area contributed by atoms with Crippen LogP contribution in [0, 0.1) is 78.4 Å². The molecule has 0 saturated carbocycles. The van der Waals surface area contributed by atoms with Gasteiger partial charge in [0.25, 0.3) is 0 Å². The first-order valence-electron chi connectivity index (χ1n) is 49.1. The number of fused-ring (bicyclic) bond motifs is 24. The molecule has 3 atom stereocenters. The van der Waals surface area contributed by atoms with Gasteiger partial charge in [-0.15, -0.1) is 24.3 Å². The molecule has 25 aromatic rings. The SMILES string of the molecule is CCC(C)Cc1cc(-n2c3ccccc3c3ccccc32)cc(-n2c3ccccc3c3ccccc32)c1.CCC(C)Cc1cc(C)c(-c2cc(C)c3c4ncc[c-]c4c4nccn4c3c2)c(C)c1.CCC(C)Cc1cccc(-n2c3ccccc3c3cc(-c4cccc(-n5c6ccccc6c6ccccc65)c4)ccc32)c1.Cc1cc(C)c(-c2cc(C)c3c4ncc[c-]c4c4nccn4c3c2)c(C)c1.[Ir]. The summed E-state index contributed by atoms with van der Waals surface area (Å²) in [5.41, 5.74) is 41.6. The van der Waals surface area contributed by atoms with E-state index in [9.17, 15) is 0 Å². The molecule has 0 N–H and O–H groups in total. The fraction of sp³-hybridized carbons (Fsp3) is 0.172. The molecule has 0 fully saturated rings. The Morgan fingerprint density at radius 1 is 0.266 bits per heavy atom. The van der Waals surface area contributed by atoms with Crippen molar-refractivity contribution in [3.63, 3.8) is 0 Å². The van der Waals surface area contributed by atoms with E-state index in [4.69, 9.17) is 4.98 Å². The molecule has 685 valence electrons. The summed E-state index contributed by atoms with van der Waals surface area (Å²) in [4.78, 5) is 18.5. The molecule has 139 heavy (non-hydrogen) atoms. The number of para-hydroxylation sites is 7. The Balaban J connectivity index is 0.000000112. The third-order valence-corrected chi connectivity index (χ3v) is 29.0. The molecule has 0 saturated heterocycles. The zero-order valence-electron chi connectivity index (χ0n) is 81.3. The third kappa shape index (κ3) is 16.4. The van der Waals surface area contributed by atoms with Crippen LogP contribution in [0.3, 0.4) is 0 Å². The summed E-state index contributed by atoms with van der Waals surface area (Å²) in [5.74, 6) is 2.01. The second-order valence-electron chi connectivity index (χ2n) is 38.5. The summed E-state index contributed by atoms with van der Waals surface area (Å²) in [6, 6.07) is 122. The molecule has 15 aromatic carbocycles. The van der Waals surface area contributed by atoms with Crippen LogP contribution in [0.15, 0.2) is 353 Å². The number of hydrogen-bond acceptors (Lipinski definition) is 4. The van der Waals surface area contributed by atoms with E-state index < -0.39 is 0 Å². The summed E-state index contributed by atoms with van der Waals surface area (Å²) in [5, 5.41) is 14.6. The van der Waals surface area contributed by atoms with Crippen LogP contribution in [0.5, 0.6) is 0 Å². The first-order chi connectivity index (χ1) is 67.4. The molecule has 10 nitrogen and oxygen atoms in total. The van der Waals surface area contributed by atoms with Gasteiger partial charge in [0, 0.05) is 122 Å². The van der Waals surface area contributed by atoms with Crippen molar-refractivity contribution in [2.75, 3.05) is 0 Å². The topological polar surface area (TPSA) is 80.1 Å². The van der Waals surface area contributed by atoms with Crippen LogP contribution in [0.1, 0.15) is 116 Å². The number of pyridine rings is 4. The van der Waals surface area contributed by atoms with Crippen molar-refractivity contribution >= 4 is 142 Å². The Morgan fingerprint density at radius 2 is 0.604 bits per heavy atom. The fourth-order valence-electron chi connectivity index (χ4n) is 22.3. The van der Waals surface area contributed by atoms with Gasteiger partial charge in [-0.3, -0.25) is 9.97 Å². The van der Waals surface area contributed by atoms with E-state index in [1.54, 1.807) is 0 Å². The average Bonchev–Trinajstić information content (AvgIpc) is 1.72. The van der Waals surface area contributed by atoms with Crippen LogP contribution < -0.4 is 0 Å². The number of rotatable bonds is 16. The Hall–Kier alpha value is -15.1. The normalized spacial score (nSPS) is 12.4.